The molecule has 0 aliphatic heterocycles. The van der Waals surface area contributed by atoms with Crippen LogP contribution in [0.25, 0.3) is 0 Å². The van der Waals surface area contributed by atoms with Crippen LogP contribution in [0.2, 0.25) is 0 Å². The number of hydrogen-bond acceptors (Lipinski definition) is 4. The molecule has 2 aromatic rings. The van der Waals surface area contributed by atoms with Crippen LogP contribution in [0.3, 0.4) is 0 Å². The smallest absolute Gasteiger partial charge is 0.262 e. The molecule has 0 aliphatic rings. The molecule has 0 bridgehead atoms. The summed E-state index contributed by atoms with van der Waals surface area (Å²) in [7, 11) is 0. The number of rotatable bonds is 5. The highest BCUT2D eigenvalue weighted by Gasteiger charge is 2.04. The minimum atomic E-state index is -0.369. The van der Waals surface area contributed by atoms with Gasteiger partial charge in [-0.3, -0.25) is 4.79 Å². The number of halogens is 1. The molecule has 0 aromatic heterocycles. The molecule has 0 spiro atoms. The van der Waals surface area contributed by atoms with E-state index in [2.05, 4.69) is 10.5 Å². The molecular formula is C15H13FN2O3. The zero-order chi connectivity index (χ0) is 15.1. The topological polar surface area (TPSA) is 70.9 Å². The SMILES string of the molecule is O=C(COc1cccc(/C=N/O)c1)Nc1ccc(F)cc1. The number of amides is 1. The van der Waals surface area contributed by atoms with Crippen molar-refractivity contribution in [3.63, 3.8) is 0 Å². The van der Waals surface area contributed by atoms with Gasteiger partial charge in [0.2, 0.25) is 0 Å². The van der Waals surface area contributed by atoms with Crippen molar-refractivity contribution in [1.82, 2.24) is 0 Å². The quantitative estimate of drug-likeness (QED) is 0.505. The van der Waals surface area contributed by atoms with Crippen LogP contribution < -0.4 is 10.1 Å². The molecule has 0 unspecified atom stereocenters. The zero-order valence-corrected chi connectivity index (χ0v) is 11.0. The Morgan fingerprint density at radius 2 is 2.05 bits per heavy atom. The van der Waals surface area contributed by atoms with Crippen molar-refractivity contribution < 1.29 is 19.1 Å². The number of nitrogens with one attached hydrogen (secondary N) is 1. The van der Waals surface area contributed by atoms with Gasteiger partial charge in [-0.05, 0) is 42.0 Å². The van der Waals surface area contributed by atoms with E-state index >= 15 is 0 Å². The molecule has 0 saturated carbocycles. The monoisotopic (exact) mass is 288 g/mol. The lowest BCUT2D eigenvalue weighted by molar-refractivity contribution is -0.118. The predicted octanol–water partition coefficient (Wildman–Crippen LogP) is 2.65. The van der Waals surface area contributed by atoms with Gasteiger partial charge in [0.15, 0.2) is 6.61 Å². The van der Waals surface area contributed by atoms with Crippen molar-refractivity contribution in [2.45, 2.75) is 0 Å². The Morgan fingerprint density at radius 3 is 2.76 bits per heavy atom. The average molecular weight is 288 g/mol. The summed E-state index contributed by atoms with van der Waals surface area (Å²) in [6.45, 7) is -0.183. The Morgan fingerprint density at radius 1 is 1.29 bits per heavy atom. The molecular weight excluding hydrogens is 275 g/mol. The van der Waals surface area contributed by atoms with Gasteiger partial charge in [-0.2, -0.15) is 0 Å². The van der Waals surface area contributed by atoms with Gasteiger partial charge >= 0.3 is 0 Å². The Bertz CT molecular complexity index is 642. The highest BCUT2D eigenvalue weighted by Crippen LogP contribution is 2.12. The Kier molecular flexibility index (Phi) is 4.87. The zero-order valence-electron chi connectivity index (χ0n) is 11.0. The van der Waals surface area contributed by atoms with Gasteiger partial charge in [0.1, 0.15) is 11.6 Å². The summed E-state index contributed by atoms with van der Waals surface area (Å²) in [5.41, 5.74) is 1.14. The van der Waals surface area contributed by atoms with E-state index in [0.29, 0.717) is 17.0 Å². The van der Waals surface area contributed by atoms with E-state index in [4.69, 9.17) is 9.94 Å². The van der Waals surface area contributed by atoms with E-state index in [1.807, 2.05) is 0 Å². The molecule has 6 heteroatoms. The third kappa shape index (κ3) is 4.61. The largest absolute Gasteiger partial charge is 0.484 e. The first-order valence-electron chi connectivity index (χ1n) is 6.13. The van der Waals surface area contributed by atoms with E-state index in [1.54, 1.807) is 24.3 Å². The van der Waals surface area contributed by atoms with E-state index in [1.165, 1.54) is 30.5 Å². The summed E-state index contributed by atoms with van der Waals surface area (Å²) in [6, 6.07) is 12.2. The van der Waals surface area contributed by atoms with Crippen molar-refractivity contribution in [3.8, 4) is 5.75 Å². The third-order valence-electron chi connectivity index (χ3n) is 2.56. The summed E-state index contributed by atoms with van der Waals surface area (Å²) in [5.74, 6) is -0.254. The Labute approximate surface area is 120 Å². The van der Waals surface area contributed by atoms with Gasteiger partial charge in [0.05, 0.1) is 6.21 Å². The summed E-state index contributed by atoms with van der Waals surface area (Å²) >= 11 is 0. The van der Waals surface area contributed by atoms with Crippen LogP contribution in [-0.2, 0) is 4.79 Å². The molecule has 1 amide bonds. The molecule has 0 heterocycles. The summed E-state index contributed by atoms with van der Waals surface area (Å²) in [4.78, 5) is 11.7. The van der Waals surface area contributed by atoms with Crippen molar-refractivity contribution in [3.05, 3.63) is 59.9 Å². The highest BCUT2D eigenvalue weighted by atomic mass is 19.1. The number of nitrogens with zero attached hydrogens (tertiary/aromatic N) is 1. The first kappa shape index (κ1) is 14.5. The maximum Gasteiger partial charge on any atom is 0.262 e. The molecule has 0 radical (unpaired) electrons. The highest BCUT2D eigenvalue weighted by molar-refractivity contribution is 5.91. The standard InChI is InChI=1S/C15H13FN2O3/c16-12-4-6-13(7-5-12)18-15(19)10-21-14-3-1-2-11(8-14)9-17-20/h1-9,20H,10H2,(H,18,19)/b17-9+. The van der Waals surface area contributed by atoms with E-state index in [-0.39, 0.29) is 18.3 Å². The van der Waals surface area contributed by atoms with Crippen LogP contribution >= 0.6 is 0 Å². The number of anilines is 1. The number of carbonyl (C=O) groups is 1. The van der Waals surface area contributed by atoms with Crippen molar-refractivity contribution in [1.29, 1.82) is 0 Å². The normalized spacial score (nSPS) is 10.5. The van der Waals surface area contributed by atoms with Crippen LogP contribution in [-0.4, -0.2) is 23.9 Å². The number of ether oxygens (including phenoxy) is 1. The van der Waals surface area contributed by atoms with Gasteiger partial charge in [0.25, 0.3) is 5.91 Å². The summed E-state index contributed by atoms with van der Waals surface area (Å²) < 4.78 is 18.0. The number of carbonyl (C=O) groups excluding carboxylic acids is 1. The van der Waals surface area contributed by atoms with Crippen molar-refractivity contribution >= 4 is 17.8 Å². The molecule has 2 N–H and O–H groups in total. The van der Waals surface area contributed by atoms with Gasteiger partial charge < -0.3 is 15.3 Å². The first-order chi connectivity index (χ1) is 10.2. The molecule has 0 aliphatic carbocycles. The van der Waals surface area contributed by atoms with Crippen LogP contribution in [0.1, 0.15) is 5.56 Å². The lowest BCUT2D eigenvalue weighted by atomic mass is 10.2. The second kappa shape index (κ2) is 7.04. The lowest BCUT2D eigenvalue weighted by Gasteiger charge is -2.08. The van der Waals surface area contributed by atoms with E-state index in [9.17, 15) is 9.18 Å². The molecule has 108 valence electrons. The molecule has 2 rings (SSSR count). The van der Waals surface area contributed by atoms with Crippen LogP contribution in [0.4, 0.5) is 10.1 Å². The Balaban J connectivity index is 1.89. The maximum absolute atomic E-state index is 12.7. The van der Waals surface area contributed by atoms with Crippen LogP contribution in [0.5, 0.6) is 5.75 Å². The number of hydrogen-bond donors (Lipinski definition) is 2. The molecule has 0 saturated heterocycles. The van der Waals surface area contributed by atoms with Gasteiger partial charge in [-0.15, -0.1) is 0 Å². The molecule has 21 heavy (non-hydrogen) atoms. The minimum Gasteiger partial charge on any atom is -0.484 e. The average Bonchev–Trinajstić information content (AvgIpc) is 2.48. The maximum atomic E-state index is 12.7. The van der Waals surface area contributed by atoms with E-state index < -0.39 is 0 Å². The second-order valence-electron chi connectivity index (χ2n) is 4.16. The molecule has 0 atom stereocenters. The molecule has 2 aromatic carbocycles. The number of benzene rings is 2. The summed E-state index contributed by atoms with van der Waals surface area (Å²) in [6.07, 6.45) is 1.26. The minimum absolute atomic E-state index is 0.183. The van der Waals surface area contributed by atoms with Gasteiger partial charge in [-0.25, -0.2) is 4.39 Å². The van der Waals surface area contributed by atoms with Crippen LogP contribution in [0, 0.1) is 5.82 Å². The first-order valence-corrected chi connectivity index (χ1v) is 6.13. The fourth-order valence-corrected chi connectivity index (χ4v) is 1.63. The van der Waals surface area contributed by atoms with Gasteiger partial charge in [0, 0.05) is 5.69 Å². The number of oxime groups is 1. The van der Waals surface area contributed by atoms with Gasteiger partial charge in [-0.1, -0.05) is 17.3 Å². The van der Waals surface area contributed by atoms with E-state index in [0.717, 1.165) is 0 Å². The van der Waals surface area contributed by atoms with Crippen molar-refractivity contribution in [2.24, 2.45) is 5.16 Å². The predicted molar refractivity (Wildman–Crippen MR) is 76.3 cm³/mol. The summed E-state index contributed by atoms with van der Waals surface area (Å²) in [5, 5.41) is 13.9. The third-order valence-corrected chi connectivity index (χ3v) is 2.56. The second-order valence-corrected chi connectivity index (χ2v) is 4.16. The fourth-order valence-electron chi connectivity index (χ4n) is 1.63. The molecule has 5 nitrogen and oxygen atoms in total. The fraction of sp³-hybridized carbons (Fsp3) is 0.0667. The van der Waals surface area contributed by atoms with Crippen LogP contribution in [0.15, 0.2) is 53.7 Å². The van der Waals surface area contributed by atoms with Crippen molar-refractivity contribution in [2.75, 3.05) is 11.9 Å². The Hall–Kier alpha value is -2.89. The molecule has 0 fully saturated rings. The lowest BCUT2D eigenvalue weighted by Crippen LogP contribution is -2.20.